The highest BCUT2D eigenvalue weighted by Gasteiger charge is 2.37. The Labute approximate surface area is 305 Å². The summed E-state index contributed by atoms with van der Waals surface area (Å²) in [5.41, 5.74) is 6.77. The van der Waals surface area contributed by atoms with Crippen LogP contribution in [0, 0.1) is 23.7 Å². The molecular formula is C41H49N7O4. The molecule has 3 amide bonds. The van der Waals surface area contributed by atoms with Crippen molar-refractivity contribution < 1.29 is 19.1 Å². The van der Waals surface area contributed by atoms with Gasteiger partial charge in [0.15, 0.2) is 0 Å². The molecule has 3 N–H and O–H groups in total. The molecule has 2 aromatic carbocycles. The van der Waals surface area contributed by atoms with Crippen LogP contribution in [0.5, 0.6) is 0 Å². The lowest BCUT2D eigenvalue weighted by atomic mass is 9.96. The molecule has 0 unspecified atom stereocenters. The van der Waals surface area contributed by atoms with E-state index in [2.05, 4.69) is 65.2 Å². The zero-order valence-corrected chi connectivity index (χ0v) is 30.6. The van der Waals surface area contributed by atoms with Crippen LogP contribution in [-0.4, -0.2) is 73.9 Å². The number of hydrogen-bond donors (Lipinski definition) is 3. The van der Waals surface area contributed by atoms with E-state index < -0.39 is 12.1 Å². The van der Waals surface area contributed by atoms with E-state index in [0.717, 1.165) is 109 Å². The minimum Gasteiger partial charge on any atom is -0.453 e. The number of aryl methyl sites for hydroxylation is 1. The fraction of sp³-hybridized carbons (Fsp3) is 0.488. The van der Waals surface area contributed by atoms with Gasteiger partial charge in [0.2, 0.25) is 11.8 Å². The number of fused-ring (bicyclic) bond motifs is 3. The number of hydrogen-bond acceptors (Lipinski definition) is 6. The van der Waals surface area contributed by atoms with Crippen molar-refractivity contribution in [3.05, 3.63) is 70.9 Å². The highest BCUT2D eigenvalue weighted by atomic mass is 16.5. The maximum absolute atomic E-state index is 13.7. The van der Waals surface area contributed by atoms with Crippen LogP contribution in [0.15, 0.2) is 42.6 Å². The van der Waals surface area contributed by atoms with Gasteiger partial charge in [0.25, 0.3) is 0 Å². The van der Waals surface area contributed by atoms with Crippen molar-refractivity contribution in [1.82, 2.24) is 35.1 Å². The average molecular weight is 704 g/mol. The van der Waals surface area contributed by atoms with Gasteiger partial charge in [0.05, 0.1) is 42.1 Å². The van der Waals surface area contributed by atoms with Crippen LogP contribution in [0.4, 0.5) is 4.79 Å². The Bertz CT molecular complexity index is 2000. The molecule has 7 rings (SSSR count). The maximum atomic E-state index is 13.7. The minimum atomic E-state index is -0.614. The van der Waals surface area contributed by atoms with Gasteiger partial charge in [-0.25, -0.2) is 14.8 Å². The first-order valence-corrected chi connectivity index (χ1v) is 18.9. The zero-order chi connectivity index (χ0) is 36.4. The fourth-order valence-corrected chi connectivity index (χ4v) is 7.83. The van der Waals surface area contributed by atoms with Crippen molar-refractivity contribution in [2.75, 3.05) is 20.2 Å². The van der Waals surface area contributed by atoms with Crippen molar-refractivity contribution in [1.29, 1.82) is 0 Å². The van der Waals surface area contributed by atoms with Gasteiger partial charge in [-0.2, -0.15) is 0 Å². The SMILES string of the molecule is COC(=O)N[C@H]1CCCCCc2cc(C#Cc3ccc(-c4cnc([C@@H]5CCCN5C(=O)[C@@H](C)C(C)C)[nH]4)cc3)cc3[nH]c(nc23)[C@@H]2CCCN2C1=O. The van der Waals surface area contributed by atoms with Crippen molar-refractivity contribution in [3.63, 3.8) is 0 Å². The molecule has 4 aromatic rings. The van der Waals surface area contributed by atoms with E-state index in [-0.39, 0.29) is 29.8 Å². The van der Waals surface area contributed by atoms with E-state index in [1.807, 2.05) is 35.1 Å². The smallest absolute Gasteiger partial charge is 0.407 e. The van der Waals surface area contributed by atoms with Gasteiger partial charge in [-0.3, -0.25) is 9.59 Å². The number of rotatable bonds is 5. The van der Waals surface area contributed by atoms with Crippen LogP contribution < -0.4 is 5.32 Å². The molecule has 2 saturated heterocycles. The molecular weight excluding hydrogens is 654 g/mol. The van der Waals surface area contributed by atoms with Gasteiger partial charge in [-0.1, -0.05) is 57.6 Å². The van der Waals surface area contributed by atoms with Crippen LogP contribution in [0.1, 0.15) is 113 Å². The molecule has 5 heterocycles. The summed E-state index contributed by atoms with van der Waals surface area (Å²) in [7, 11) is 1.32. The van der Waals surface area contributed by atoms with Crippen LogP contribution >= 0.6 is 0 Å². The van der Waals surface area contributed by atoms with Gasteiger partial charge in [0, 0.05) is 30.1 Å². The Morgan fingerprint density at radius 2 is 1.67 bits per heavy atom. The number of nitrogens with zero attached hydrogens (tertiary/aromatic N) is 4. The summed E-state index contributed by atoms with van der Waals surface area (Å²) in [5, 5.41) is 2.77. The summed E-state index contributed by atoms with van der Waals surface area (Å²) in [6.07, 6.45) is 8.95. The number of benzene rings is 2. The average Bonchev–Trinajstić information content (AvgIpc) is 3.98. The molecule has 2 fully saturated rings. The summed E-state index contributed by atoms with van der Waals surface area (Å²) in [6.45, 7) is 7.62. The molecule has 0 aliphatic carbocycles. The second-order valence-corrected chi connectivity index (χ2v) is 14.9. The number of likely N-dealkylation sites (tertiary alicyclic amines) is 1. The van der Waals surface area contributed by atoms with E-state index in [1.165, 1.54) is 7.11 Å². The predicted molar refractivity (Wildman–Crippen MR) is 199 cm³/mol. The zero-order valence-electron chi connectivity index (χ0n) is 30.6. The first-order valence-electron chi connectivity index (χ1n) is 18.9. The summed E-state index contributed by atoms with van der Waals surface area (Å²) in [6, 6.07) is 11.6. The Hall–Kier alpha value is -5.11. The molecule has 0 saturated carbocycles. The number of H-pyrrole nitrogens is 2. The number of ether oxygens (including phenoxy) is 1. The van der Waals surface area contributed by atoms with E-state index in [0.29, 0.717) is 18.9 Å². The molecule has 52 heavy (non-hydrogen) atoms. The lowest BCUT2D eigenvalue weighted by Crippen LogP contribution is -2.48. The number of carbonyl (C=O) groups is 3. The minimum absolute atomic E-state index is 0.0130. The van der Waals surface area contributed by atoms with Crippen molar-refractivity contribution in [3.8, 4) is 23.1 Å². The molecule has 11 nitrogen and oxygen atoms in total. The lowest BCUT2D eigenvalue weighted by molar-refractivity contribution is -0.137. The third kappa shape index (κ3) is 7.29. The van der Waals surface area contributed by atoms with Crippen LogP contribution in [-0.2, 0) is 20.7 Å². The van der Waals surface area contributed by atoms with E-state index in [9.17, 15) is 14.4 Å². The largest absolute Gasteiger partial charge is 0.453 e. The first kappa shape index (κ1) is 35.3. The number of alkyl carbamates (subject to hydrolysis) is 1. The van der Waals surface area contributed by atoms with E-state index in [4.69, 9.17) is 14.7 Å². The number of aromatic amines is 2. The fourth-order valence-electron chi connectivity index (χ4n) is 7.83. The normalized spacial score (nSPS) is 21.2. The molecule has 11 heteroatoms. The molecule has 3 aliphatic heterocycles. The quantitative estimate of drug-likeness (QED) is 0.196. The van der Waals surface area contributed by atoms with Crippen molar-refractivity contribution in [2.45, 2.75) is 96.7 Å². The molecule has 4 atom stereocenters. The van der Waals surface area contributed by atoms with Crippen molar-refractivity contribution >= 4 is 28.9 Å². The van der Waals surface area contributed by atoms with Gasteiger partial charge in [0.1, 0.15) is 17.7 Å². The number of aromatic nitrogens is 4. The molecule has 0 radical (unpaired) electrons. The summed E-state index contributed by atoms with van der Waals surface area (Å²) in [4.78, 5) is 59.6. The molecule has 3 aliphatic rings. The number of imidazole rings is 2. The maximum Gasteiger partial charge on any atom is 0.407 e. The molecule has 2 aromatic heterocycles. The summed E-state index contributed by atoms with van der Waals surface area (Å²) < 4.78 is 4.82. The standard InChI is InChI=1S/C41H49N7O4/c1-25(2)26(3)39(49)47-20-8-12-34(47)37-42-24-33(44-37)29-18-16-27(17-19-29)14-15-28-22-30-10-6-5-7-11-31(45-41(51)52-4)40(50)48-21-9-13-35(48)38-43-32(23-28)36(30)46-38/h16-19,22-26,31,34-35H,5-13,20-21H2,1-4H3,(H,42,44)(H,43,46)(H,45,51)/t26-,31-,34-,35-/m0/s1. The second kappa shape index (κ2) is 15.2. The van der Waals surface area contributed by atoms with Crippen LogP contribution in [0.3, 0.4) is 0 Å². The van der Waals surface area contributed by atoms with E-state index in [1.54, 1.807) is 0 Å². The summed E-state index contributed by atoms with van der Waals surface area (Å²) >= 11 is 0. The Morgan fingerprint density at radius 3 is 2.46 bits per heavy atom. The number of methoxy groups -OCH3 is 1. The van der Waals surface area contributed by atoms with Crippen LogP contribution in [0.2, 0.25) is 0 Å². The molecule has 2 bridgehead atoms. The Morgan fingerprint density at radius 1 is 0.904 bits per heavy atom. The van der Waals surface area contributed by atoms with Gasteiger partial charge < -0.3 is 29.8 Å². The third-order valence-electron chi connectivity index (χ3n) is 11.1. The van der Waals surface area contributed by atoms with Crippen molar-refractivity contribution in [2.24, 2.45) is 11.8 Å². The predicted octanol–water partition coefficient (Wildman–Crippen LogP) is 6.81. The number of nitrogens with one attached hydrogen (secondary N) is 3. The number of carbonyl (C=O) groups excluding carboxylic acids is 3. The summed E-state index contributed by atoms with van der Waals surface area (Å²) in [5.74, 6) is 8.78. The van der Waals surface area contributed by atoms with Gasteiger partial charge in [-0.05, 0) is 86.3 Å². The first-order chi connectivity index (χ1) is 25.2. The molecule has 272 valence electrons. The Balaban J connectivity index is 1.09. The Kier molecular flexibility index (Phi) is 10.3. The van der Waals surface area contributed by atoms with Crippen LogP contribution in [0.25, 0.3) is 22.3 Å². The monoisotopic (exact) mass is 703 g/mol. The third-order valence-corrected chi connectivity index (χ3v) is 11.1. The number of amides is 3. The van der Waals surface area contributed by atoms with E-state index >= 15 is 0 Å². The second-order valence-electron chi connectivity index (χ2n) is 14.9. The topological polar surface area (TPSA) is 136 Å². The highest BCUT2D eigenvalue weighted by molar-refractivity contribution is 5.86. The van der Waals surface area contributed by atoms with Gasteiger partial charge in [-0.15, -0.1) is 0 Å². The lowest BCUT2D eigenvalue weighted by Gasteiger charge is -2.28. The highest BCUT2D eigenvalue weighted by Crippen LogP contribution is 2.35. The molecule has 0 spiro atoms. The van der Waals surface area contributed by atoms with Gasteiger partial charge >= 0.3 is 6.09 Å².